The Morgan fingerprint density at radius 2 is 2.50 bits per heavy atom. The number of nitrogens with two attached hydrogens (primary N) is 1. The van der Waals surface area contributed by atoms with Crippen molar-refractivity contribution in [1.29, 1.82) is 0 Å². The first-order valence-corrected chi connectivity index (χ1v) is 5.96. The Morgan fingerprint density at radius 1 is 1.67 bits per heavy atom. The van der Waals surface area contributed by atoms with Gasteiger partial charge in [0.1, 0.15) is 5.82 Å². The molecular formula is C12H18N4O2. The molecule has 2 rings (SSSR count). The van der Waals surface area contributed by atoms with Crippen LogP contribution < -0.4 is 10.6 Å². The minimum Gasteiger partial charge on any atom is -0.409 e. The largest absolute Gasteiger partial charge is 0.409 e. The SMILES string of the molecule is COC1CCCN(c2cc(/C(N)=N/O)ccn2)C1. The van der Waals surface area contributed by atoms with Crippen LogP contribution in [0.15, 0.2) is 23.5 Å². The molecule has 98 valence electrons. The van der Waals surface area contributed by atoms with Gasteiger partial charge in [-0.3, -0.25) is 0 Å². The molecule has 0 spiro atoms. The smallest absolute Gasteiger partial charge is 0.170 e. The molecule has 1 aliphatic rings. The molecule has 0 saturated carbocycles. The number of nitrogens with zero attached hydrogens (tertiary/aromatic N) is 3. The average molecular weight is 250 g/mol. The second-order valence-corrected chi connectivity index (χ2v) is 4.33. The molecule has 2 heterocycles. The van der Waals surface area contributed by atoms with E-state index in [9.17, 15) is 0 Å². The van der Waals surface area contributed by atoms with Gasteiger partial charge in [-0.2, -0.15) is 0 Å². The van der Waals surface area contributed by atoms with Gasteiger partial charge in [0.2, 0.25) is 0 Å². The Bertz CT molecular complexity index is 436. The first-order chi connectivity index (χ1) is 8.74. The lowest BCUT2D eigenvalue weighted by molar-refractivity contribution is 0.0891. The molecule has 18 heavy (non-hydrogen) atoms. The van der Waals surface area contributed by atoms with Crippen LogP contribution >= 0.6 is 0 Å². The zero-order valence-electron chi connectivity index (χ0n) is 10.4. The summed E-state index contributed by atoms with van der Waals surface area (Å²) >= 11 is 0. The van der Waals surface area contributed by atoms with Crippen LogP contribution in [0.1, 0.15) is 18.4 Å². The third kappa shape index (κ3) is 2.70. The third-order valence-electron chi connectivity index (χ3n) is 3.18. The number of anilines is 1. The van der Waals surface area contributed by atoms with Gasteiger partial charge < -0.3 is 20.6 Å². The van der Waals surface area contributed by atoms with Crippen molar-refractivity contribution in [3.8, 4) is 0 Å². The van der Waals surface area contributed by atoms with Crippen molar-refractivity contribution in [2.75, 3.05) is 25.1 Å². The molecule has 0 amide bonds. The summed E-state index contributed by atoms with van der Waals surface area (Å²) in [5.41, 5.74) is 6.24. The molecule has 6 heteroatoms. The number of hydrogen-bond donors (Lipinski definition) is 2. The molecule has 1 unspecified atom stereocenters. The van der Waals surface area contributed by atoms with E-state index < -0.39 is 0 Å². The Labute approximate surface area is 106 Å². The van der Waals surface area contributed by atoms with Crippen LogP contribution in [-0.2, 0) is 4.74 Å². The molecule has 1 aromatic rings. The minimum absolute atomic E-state index is 0.0963. The van der Waals surface area contributed by atoms with Crippen molar-refractivity contribution < 1.29 is 9.94 Å². The zero-order valence-corrected chi connectivity index (χ0v) is 10.4. The highest BCUT2D eigenvalue weighted by Gasteiger charge is 2.20. The maximum absolute atomic E-state index is 8.68. The summed E-state index contributed by atoms with van der Waals surface area (Å²) in [6.45, 7) is 1.77. The second kappa shape index (κ2) is 5.68. The van der Waals surface area contributed by atoms with Gasteiger partial charge >= 0.3 is 0 Å². The summed E-state index contributed by atoms with van der Waals surface area (Å²) in [4.78, 5) is 6.49. The number of ether oxygens (including phenoxy) is 1. The van der Waals surface area contributed by atoms with Gasteiger partial charge in [-0.05, 0) is 25.0 Å². The maximum atomic E-state index is 8.68. The lowest BCUT2D eigenvalue weighted by atomic mass is 10.1. The average Bonchev–Trinajstić information content (AvgIpc) is 2.46. The first kappa shape index (κ1) is 12.6. The van der Waals surface area contributed by atoms with E-state index >= 15 is 0 Å². The normalized spacial score (nSPS) is 21.1. The first-order valence-electron chi connectivity index (χ1n) is 5.96. The fourth-order valence-corrected chi connectivity index (χ4v) is 2.15. The molecule has 0 bridgehead atoms. The van der Waals surface area contributed by atoms with Gasteiger partial charge in [0.05, 0.1) is 6.10 Å². The van der Waals surface area contributed by atoms with Crippen molar-refractivity contribution in [2.45, 2.75) is 18.9 Å². The number of amidine groups is 1. The molecule has 0 aliphatic carbocycles. The Balaban J connectivity index is 2.17. The summed E-state index contributed by atoms with van der Waals surface area (Å²) in [6, 6.07) is 3.55. The molecule has 1 fully saturated rings. The highest BCUT2D eigenvalue weighted by Crippen LogP contribution is 2.19. The molecule has 0 radical (unpaired) electrons. The summed E-state index contributed by atoms with van der Waals surface area (Å²) in [6.07, 6.45) is 4.06. The highest BCUT2D eigenvalue weighted by atomic mass is 16.5. The predicted molar refractivity (Wildman–Crippen MR) is 69.0 cm³/mol. The molecule has 1 aromatic heterocycles. The van der Waals surface area contributed by atoms with Crippen LogP contribution in [0.3, 0.4) is 0 Å². The van der Waals surface area contributed by atoms with Crippen LogP contribution in [0, 0.1) is 0 Å². The van der Waals surface area contributed by atoms with E-state index in [0.717, 1.165) is 31.7 Å². The number of hydrogen-bond acceptors (Lipinski definition) is 5. The van der Waals surface area contributed by atoms with Gasteiger partial charge in [0, 0.05) is 32.0 Å². The van der Waals surface area contributed by atoms with E-state index in [4.69, 9.17) is 15.7 Å². The lowest BCUT2D eigenvalue weighted by Crippen LogP contribution is -2.39. The van der Waals surface area contributed by atoms with Crippen LogP contribution in [-0.4, -0.2) is 42.3 Å². The molecule has 1 atom stereocenters. The number of rotatable bonds is 3. The van der Waals surface area contributed by atoms with E-state index in [1.165, 1.54) is 0 Å². The molecule has 1 saturated heterocycles. The van der Waals surface area contributed by atoms with E-state index in [1.807, 2.05) is 6.07 Å². The fraction of sp³-hybridized carbons (Fsp3) is 0.500. The maximum Gasteiger partial charge on any atom is 0.170 e. The van der Waals surface area contributed by atoms with E-state index in [0.29, 0.717) is 5.56 Å². The van der Waals surface area contributed by atoms with E-state index in [-0.39, 0.29) is 11.9 Å². The summed E-state index contributed by atoms with van der Waals surface area (Å²) in [5, 5.41) is 11.7. The van der Waals surface area contributed by atoms with Crippen molar-refractivity contribution in [2.24, 2.45) is 10.9 Å². The zero-order chi connectivity index (χ0) is 13.0. The molecule has 1 aliphatic heterocycles. The fourth-order valence-electron chi connectivity index (χ4n) is 2.15. The molecular weight excluding hydrogens is 232 g/mol. The van der Waals surface area contributed by atoms with Crippen LogP contribution in [0.25, 0.3) is 0 Å². The van der Waals surface area contributed by atoms with Crippen LogP contribution in [0.2, 0.25) is 0 Å². The summed E-state index contributed by atoms with van der Waals surface area (Å²) in [7, 11) is 1.73. The van der Waals surface area contributed by atoms with Crippen LogP contribution in [0.4, 0.5) is 5.82 Å². The van der Waals surface area contributed by atoms with Crippen molar-refractivity contribution >= 4 is 11.7 Å². The standard InChI is InChI=1S/C12H18N4O2/c1-18-10-3-2-6-16(8-10)11-7-9(4-5-14-11)12(13)15-17/h4-5,7,10,17H,2-3,6,8H2,1H3,(H2,13,15). The van der Waals surface area contributed by atoms with Crippen molar-refractivity contribution in [3.05, 3.63) is 23.9 Å². The lowest BCUT2D eigenvalue weighted by Gasteiger charge is -2.32. The Hall–Kier alpha value is -1.82. The van der Waals surface area contributed by atoms with E-state index in [2.05, 4.69) is 15.0 Å². The monoisotopic (exact) mass is 250 g/mol. The van der Waals surface area contributed by atoms with Gasteiger partial charge in [-0.1, -0.05) is 5.16 Å². The summed E-state index contributed by atoms with van der Waals surface area (Å²) in [5.74, 6) is 0.930. The number of oxime groups is 1. The van der Waals surface area contributed by atoms with Gasteiger partial charge in [0.15, 0.2) is 5.84 Å². The number of aromatic nitrogens is 1. The number of pyridine rings is 1. The quantitative estimate of drug-likeness (QED) is 0.358. The Kier molecular flexibility index (Phi) is 3.99. The van der Waals surface area contributed by atoms with Gasteiger partial charge in [-0.25, -0.2) is 4.98 Å². The van der Waals surface area contributed by atoms with Crippen molar-refractivity contribution in [1.82, 2.24) is 4.98 Å². The number of piperidine rings is 1. The third-order valence-corrected chi connectivity index (χ3v) is 3.18. The van der Waals surface area contributed by atoms with Gasteiger partial charge in [0.25, 0.3) is 0 Å². The Morgan fingerprint density at radius 3 is 3.22 bits per heavy atom. The minimum atomic E-state index is 0.0963. The topological polar surface area (TPSA) is 84.0 Å². The van der Waals surface area contributed by atoms with E-state index in [1.54, 1.807) is 19.4 Å². The van der Waals surface area contributed by atoms with Gasteiger partial charge in [-0.15, -0.1) is 0 Å². The van der Waals surface area contributed by atoms with Crippen LogP contribution in [0.5, 0.6) is 0 Å². The number of methoxy groups -OCH3 is 1. The van der Waals surface area contributed by atoms with Crippen molar-refractivity contribution in [3.63, 3.8) is 0 Å². The predicted octanol–water partition coefficient (Wildman–Crippen LogP) is 0.791. The summed E-state index contributed by atoms with van der Waals surface area (Å²) < 4.78 is 5.38. The molecule has 6 nitrogen and oxygen atoms in total. The molecule has 0 aromatic carbocycles. The second-order valence-electron chi connectivity index (χ2n) is 4.33. The molecule has 3 N–H and O–H groups in total. The highest BCUT2D eigenvalue weighted by molar-refractivity contribution is 5.97.